The van der Waals surface area contributed by atoms with E-state index in [9.17, 15) is 5.11 Å². The van der Waals surface area contributed by atoms with Gasteiger partial charge in [-0.3, -0.25) is 0 Å². The van der Waals surface area contributed by atoms with E-state index in [-0.39, 0.29) is 5.88 Å². The minimum absolute atomic E-state index is 0.0182. The first-order valence-electron chi connectivity index (χ1n) is 7.17. The van der Waals surface area contributed by atoms with E-state index in [1.807, 2.05) is 32.0 Å². The number of azo groups is 1. The summed E-state index contributed by atoms with van der Waals surface area (Å²) in [6.07, 6.45) is 1.48. The second-order valence-corrected chi connectivity index (χ2v) is 7.49. The standard InChI is InChI=1S/C16H12BrN5OS/c1-7-8(2)24-16-12(7)14(18-6-19-16)22-21-13-10-5-9(17)3-4-11(10)20-15(13)23/h3-6,20,23H,1-2H3. The summed E-state index contributed by atoms with van der Waals surface area (Å²) >= 11 is 5.04. The number of nitrogens with zero attached hydrogens (tertiary/aromatic N) is 4. The molecule has 3 aromatic heterocycles. The molecule has 0 unspecified atom stereocenters. The van der Waals surface area contributed by atoms with Crippen molar-refractivity contribution in [3.05, 3.63) is 39.4 Å². The molecule has 0 aliphatic carbocycles. The van der Waals surface area contributed by atoms with Crippen LogP contribution >= 0.6 is 27.3 Å². The lowest BCUT2D eigenvalue weighted by molar-refractivity contribution is 0.459. The van der Waals surface area contributed by atoms with Gasteiger partial charge in [0.25, 0.3) is 0 Å². The van der Waals surface area contributed by atoms with Gasteiger partial charge in [-0.05, 0) is 37.6 Å². The van der Waals surface area contributed by atoms with Crippen molar-refractivity contribution in [1.82, 2.24) is 15.0 Å². The number of nitrogens with one attached hydrogen (secondary N) is 1. The Balaban J connectivity index is 1.87. The van der Waals surface area contributed by atoms with Crippen molar-refractivity contribution in [1.29, 1.82) is 0 Å². The van der Waals surface area contributed by atoms with Crippen molar-refractivity contribution in [2.45, 2.75) is 13.8 Å². The lowest BCUT2D eigenvalue weighted by Gasteiger charge is -1.97. The van der Waals surface area contributed by atoms with Crippen LogP contribution in [0.3, 0.4) is 0 Å². The van der Waals surface area contributed by atoms with E-state index in [2.05, 4.69) is 41.1 Å². The van der Waals surface area contributed by atoms with Gasteiger partial charge in [0, 0.05) is 14.7 Å². The van der Waals surface area contributed by atoms with Gasteiger partial charge in [0.1, 0.15) is 11.2 Å². The number of aromatic amines is 1. The Labute approximate surface area is 149 Å². The molecule has 0 atom stereocenters. The Hall–Kier alpha value is -2.32. The highest BCUT2D eigenvalue weighted by atomic mass is 79.9. The van der Waals surface area contributed by atoms with Gasteiger partial charge in [-0.1, -0.05) is 15.9 Å². The van der Waals surface area contributed by atoms with Gasteiger partial charge >= 0.3 is 0 Å². The number of rotatable bonds is 2. The van der Waals surface area contributed by atoms with Crippen molar-refractivity contribution < 1.29 is 5.11 Å². The minimum Gasteiger partial charge on any atom is -0.493 e. The Morgan fingerprint density at radius 3 is 2.88 bits per heavy atom. The Bertz CT molecular complexity index is 1110. The molecule has 0 radical (unpaired) electrons. The molecule has 0 aliphatic heterocycles. The highest BCUT2D eigenvalue weighted by molar-refractivity contribution is 9.10. The summed E-state index contributed by atoms with van der Waals surface area (Å²) in [6.45, 7) is 4.07. The summed E-state index contributed by atoms with van der Waals surface area (Å²) in [5.41, 5.74) is 2.29. The Kier molecular flexibility index (Phi) is 3.58. The lowest BCUT2D eigenvalue weighted by atomic mass is 10.2. The van der Waals surface area contributed by atoms with Gasteiger partial charge in [0.2, 0.25) is 5.88 Å². The first-order chi connectivity index (χ1) is 11.5. The first kappa shape index (κ1) is 15.2. The first-order valence-corrected chi connectivity index (χ1v) is 8.78. The molecule has 24 heavy (non-hydrogen) atoms. The number of halogens is 1. The summed E-state index contributed by atoms with van der Waals surface area (Å²) in [5.74, 6) is 0.487. The van der Waals surface area contributed by atoms with Gasteiger partial charge in [-0.2, -0.15) is 0 Å². The maximum atomic E-state index is 10.1. The molecule has 0 spiro atoms. The molecule has 2 N–H and O–H groups in total. The molecular formula is C16H12BrN5OS. The number of fused-ring (bicyclic) bond motifs is 2. The molecule has 0 saturated heterocycles. The molecule has 6 nitrogen and oxygen atoms in total. The summed E-state index contributed by atoms with van der Waals surface area (Å²) in [6, 6.07) is 5.65. The summed E-state index contributed by atoms with van der Waals surface area (Å²) in [7, 11) is 0. The molecule has 3 heterocycles. The molecule has 1 aromatic carbocycles. The molecule has 4 aromatic rings. The largest absolute Gasteiger partial charge is 0.493 e. The van der Waals surface area contributed by atoms with Crippen LogP contribution in [0.2, 0.25) is 0 Å². The molecule has 0 aliphatic rings. The van der Waals surface area contributed by atoms with Crippen molar-refractivity contribution in [2.24, 2.45) is 10.2 Å². The van der Waals surface area contributed by atoms with Crippen LogP contribution in [-0.2, 0) is 0 Å². The van der Waals surface area contributed by atoms with E-state index in [0.29, 0.717) is 11.5 Å². The number of benzene rings is 1. The summed E-state index contributed by atoms with van der Waals surface area (Å²) in [4.78, 5) is 13.5. The number of hydrogen-bond donors (Lipinski definition) is 2. The maximum absolute atomic E-state index is 10.1. The van der Waals surface area contributed by atoms with Crippen LogP contribution in [0, 0.1) is 13.8 Å². The predicted octanol–water partition coefficient (Wildman–Crippen LogP) is 5.67. The number of aryl methyl sites for hydroxylation is 2. The third-order valence-corrected chi connectivity index (χ3v) is 5.51. The fourth-order valence-electron chi connectivity index (χ4n) is 2.57. The van der Waals surface area contributed by atoms with Gasteiger partial charge in [-0.15, -0.1) is 21.6 Å². The van der Waals surface area contributed by atoms with Gasteiger partial charge in [0.05, 0.1) is 10.9 Å². The smallest absolute Gasteiger partial charge is 0.218 e. The zero-order valence-corrected chi connectivity index (χ0v) is 15.2. The third kappa shape index (κ3) is 2.38. The number of aromatic nitrogens is 3. The number of H-pyrrole nitrogens is 1. The molecule has 0 amide bonds. The molecule has 4 rings (SSSR count). The van der Waals surface area contributed by atoms with Crippen LogP contribution < -0.4 is 0 Å². The van der Waals surface area contributed by atoms with Crippen LogP contribution in [-0.4, -0.2) is 20.1 Å². The van der Waals surface area contributed by atoms with E-state index < -0.39 is 0 Å². The number of hydrogen-bond acceptors (Lipinski definition) is 6. The Morgan fingerprint density at radius 1 is 1.21 bits per heavy atom. The fourth-order valence-corrected chi connectivity index (χ4v) is 3.93. The average molecular weight is 402 g/mol. The van der Waals surface area contributed by atoms with E-state index in [1.54, 1.807) is 11.3 Å². The molecular weight excluding hydrogens is 390 g/mol. The van der Waals surface area contributed by atoms with E-state index in [0.717, 1.165) is 31.2 Å². The molecule has 0 bridgehead atoms. The van der Waals surface area contributed by atoms with Crippen LogP contribution in [0.15, 0.2) is 39.2 Å². The summed E-state index contributed by atoms with van der Waals surface area (Å²) < 4.78 is 0.902. The number of thiophene rings is 1. The second-order valence-electron chi connectivity index (χ2n) is 5.37. The van der Waals surface area contributed by atoms with Gasteiger partial charge < -0.3 is 10.1 Å². The quantitative estimate of drug-likeness (QED) is 0.424. The SMILES string of the molecule is Cc1sc2ncnc(N=Nc3c(O)[nH]c4ccc(Br)cc34)c2c1C. The maximum Gasteiger partial charge on any atom is 0.218 e. The molecule has 0 saturated carbocycles. The van der Waals surface area contributed by atoms with Crippen molar-refractivity contribution in [3.8, 4) is 5.88 Å². The Morgan fingerprint density at radius 2 is 2.04 bits per heavy atom. The van der Waals surface area contributed by atoms with Crippen molar-refractivity contribution in [2.75, 3.05) is 0 Å². The van der Waals surface area contributed by atoms with Gasteiger partial charge in [0.15, 0.2) is 11.5 Å². The summed E-state index contributed by atoms with van der Waals surface area (Å²) in [5, 5.41) is 20.3. The predicted molar refractivity (Wildman–Crippen MR) is 98.7 cm³/mol. The van der Waals surface area contributed by atoms with E-state index >= 15 is 0 Å². The van der Waals surface area contributed by atoms with E-state index in [1.165, 1.54) is 11.2 Å². The topological polar surface area (TPSA) is 86.5 Å². The van der Waals surface area contributed by atoms with Crippen molar-refractivity contribution in [3.63, 3.8) is 0 Å². The van der Waals surface area contributed by atoms with Crippen LogP contribution in [0.25, 0.3) is 21.1 Å². The zero-order valence-electron chi connectivity index (χ0n) is 12.8. The molecule has 0 fully saturated rings. The second kappa shape index (κ2) is 5.64. The minimum atomic E-state index is -0.0182. The lowest BCUT2D eigenvalue weighted by Crippen LogP contribution is -1.80. The fraction of sp³-hybridized carbons (Fsp3) is 0.125. The van der Waals surface area contributed by atoms with Crippen LogP contribution in [0.4, 0.5) is 11.5 Å². The highest BCUT2D eigenvalue weighted by Crippen LogP contribution is 2.39. The van der Waals surface area contributed by atoms with E-state index in [4.69, 9.17) is 0 Å². The molecule has 120 valence electrons. The number of aromatic hydroxyl groups is 1. The van der Waals surface area contributed by atoms with Crippen molar-refractivity contribution >= 4 is 59.9 Å². The zero-order chi connectivity index (χ0) is 16.8. The highest BCUT2D eigenvalue weighted by Gasteiger charge is 2.14. The molecule has 8 heteroatoms. The van der Waals surface area contributed by atoms with Crippen LogP contribution in [0.1, 0.15) is 10.4 Å². The van der Waals surface area contributed by atoms with Crippen LogP contribution in [0.5, 0.6) is 5.88 Å². The average Bonchev–Trinajstić information content (AvgIpc) is 3.02. The third-order valence-electron chi connectivity index (χ3n) is 3.90. The monoisotopic (exact) mass is 401 g/mol. The normalized spacial score (nSPS) is 12.0. The van der Waals surface area contributed by atoms with Gasteiger partial charge in [-0.25, -0.2) is 9.97 Å².